The first-order valence-electron chi connectivity index (χ1n) is 12.5. The van der Waals surface area contributed by atoms with Gasteiger partial charge in [0.05, 0.1) is 15.8 Å². The number of aryl methyl sites for hydroxylation is 2. The normalized spacial score (nSPS) is 15.4. The summed E-state index contributed by atoms with van der Waals surface area (Å²) in [6, 6.07) is 21.4. The summed E-state index contributed by atoms with van der Waals surface area (Å²) in [6.45, 7) is 5.51. The maximum Gasteiger partial charge on any atom is 0.271 e. The molecule has 1 aliphatic rings. The molecule has 3 aromatic carbocycles. The lowest BCUT2D eigenvalue weighted by Crippen LogP contribution is -2.40. The van der Waals surface area contributed by atoms with E-state index >= 15 is 0 Å². The van der Waals surface area contributed by atoms with E-state index in [2.05, 4.69) is 10.3 Å². The summed E-state index contributed by atoms with van der Waals surface area (Å²) in [7, 11) is 0. The number of allylic oxidation sites excluding steroid dienone is 1. The number of nitrogens with one attached hydrogen (secondary N) is 1. The van der Waals surface area contributed by atoms with Crippen LogP contribution in [0, 0.1) is 13.8 Å². The molecule has 5 aromatic rings. The minimum absolute atomic E-state index is 0.0761. The lowest BCUT2D eigenvalue weighted by molar-refractivity contribution is -0.113. The number of phenols is 1. The molecule has 0 bridgehead atoms. The van der Waals surface area contributed by atoms with Crippen molar-refractivity contribution in [1.82, 2.24) is 4.57 Å². The first-order chi connectivity index (χ1) is 18.8. The number of hydrogen-bond acceptors (Lipinski definition) is 6. The molecule has 1 atom stereocenters. The van der Waals surface area contributed by atoms with Gasteiger partial charge in [-0.3, -0.25) is 14.2 Å². The number of para-hydroxylation sites is 1. The van der Waals surface area contributed by atoms with Gasteiger partial charge in [0, 0.05) is 11.3 Å². The average Bonchev–Trinajstić information content (AvgIpc) is 3.48. The second-order valence-electron chi connectivity index (χ2n) is 9.52. The van der Waals surface area contributed by atoms with E-state index in [0.29, 0.717) is 43.4 Å². The molecule has 8 heteroatoms. The molecular weight excluding hydrogens is 510 g/mol. The third-order valence-electron chi connectivity index (χ3n) is 6.91. The van der Waals surface area contributed by atoms with Crippen LogP contribution in [0.25, 0.3) is 16.8 Å². The molecule has 0 radical (unpaired) electrons. The fourth-order valence-electron chi connectivity index (χ4n) is 4.95. The van der Waals surface area contributed by atoms with E-state index in [1.54, 1.807) is 25.1 Å². The molecule has 3 heterocycles. The summed E-state index contributed by atoms with van der Waals surface area (Å²) in [5.41, 5.74) is 2.67. The van der Waals surface area contributed by atoms with Crippen molar-refractivity contribution in [3.05, 3.63) is 126 Å². The van der Waals surface area contributed by atoms with Crippen molar-refractivity contribution in [2.75, 3.05) is 5.32 Å². The van der Waals surface area contributed by atoms with Gasteiger partial charge in [0.1, 0.15) is 23.3 Å². The number of aromatic nitrogens is 1. The van der Waals surface area contributed by atoms with Crippen LogP contribution in [0.2, 0.25) is 0 Å². The molecule has 0 saturated heterocycles. The van der Waals surface area contributed by atoms with E-state index in [1.807, 2.05) is 74.5 Å². The van der Waals surface area contributed by atoms with Crippen LogP contribution >= 0.6 is 11.3 Å². The number of hydrogen-bond donors (Lipinski definition) is 2. The Labute approximate surface area is 227 Å². The highest BCUT2D eigenvalue weighted by Gasteiger charge is 2.34. The van der Waals surface area contributed by atoms with E-state index in [9.17, 15) is 14.7 Å². The van der Waals surface area contributed by atoms with Gasteiger partial charge in [0.2, 0.25) is 0 Å². The topological polar surface area (TPSA) is 96.8 Å². The van der Waals surface area contributed by atoms with Gasteiger partial charge in [-0.15, -0.1) is 0 Å². The number of nitrogens with zero attached hydrogens (tertiary/aromatic N) is 2. The van der Waals surface area contributed by atoms with Gasteiger partial charge in [-0.05, 0) is 67.4 Å². The SMILES string of the molecule is CC1=C(C(=O)Nc2ccccc2C)C(c2ccc(C)o2)n2c(sc(=Cc3c(O)ccc4ccccc34)c2=O)=N1. The number of anilines is 1. The first kappa shape index (κ1) is 24.6. The molecule has 1 unspecified atom stereocenters. The number of carbonyl (C=O) groups excluding carboxylic acids is 1. The molecule has 39 heavy (non-hydrogen) atoms. The van der Waals surface area contributed by atoms with Crippen molar-refractivity contribution in [2.24, 2.45) is 4.99 Å². The minimum atomic E-state index is -0.803. The average molecular weight is 536 g/mol. The van der Waals surface area contributed by atoms with Crippen LogP contribution in [0.5, 0.6) is 5.75 Å². The maximum atomic E-state index is 13.9. The summed E-state index contributed by atoms with van der Waals surface area (Å²) >= 11 is 1.21. The maximum absolute atomic E-state index is 13.9. The van der Waals surface area contributed by atoms with Crippen molar-refractivity contribution in [2.45, 2.75) is 26.8 Å². The molecule has 7 nitrogen and oxygen atoms in total. The number of benzene rings is 3. The highest BCUT2D eigenvalue weighted by atomic mass is 32.1. The van der Waals surface area contributed by atoms with E-state index < -0.39 is 6.04 Å². The molecule has 0 aliphatic carbocycles. The predicted octanol–water partition coefficient (Wildman–Crippen LogP) is 4.94. The number of rotatable bonds is 4. The van der Waals surface area contributed by atoms with E-state index in [4.69, 9.17) is 4.42 Å². The van der Waals surface area contributed by atoms with Crippen LogP contribution in [0.3, 0.4) is 0 Å². The zero-order chi connectivity index (χ0) is 27.3. The number of furan rings is 1. The molecule has 2 N–H and O–H groups in total. The van der Waals surface area contributed by atoms with Crippen LogP contribution in [0.15, 0.2) is 98.3 Å². The fraction of sp³-hybridized carbons (Fsp3) is 0.129. The first-order valence-corrected chi connectivity index (χ1v) is 13.3. The number of fused-ring (bicyclic) bond motifs is 2. The van der Waals surface area contributed by atoms with E-state index in [1.165, 1.54) is 15.9 Å². The Morgan fingerprint density at radius 2 is 1.79 bits per heavy atom. The highest BCUT2D eigenvalue weighted by molar-refractivity contribution is 7.07. The zero-order valence-corrected chi connectivity index (χ0v) is 22.4. The van der Waals surface area contributed by atoms with Gasteiger partial charge in [0.15, 0.2) is 4.80 Å². The molecule has 6 rings (SSSR count). The summed E-state index contributed by atoms with van der Waals surface area (Å²) in [4.78, 5) is 32.8. The van der Waals surface area contributed by atoms with Crippen LogP contribution in [0.1, 0.15) is 35.6 Å². The number of phenolic OH excluding ortho intramolecular Hbond substituents is 1. The Morgan fingerprint density at radius 1 is 1.03 bits per heavy atom. The van der Waals surface area contributed by atoms with Gasteiger partial charge in [-0.1, -0.05) is 59.9 Å². The Kier molecular flexibility index (Phi) is 6.04. The lowest BCUT2D eigenvalue weighted by Gasteiger charge is -2.23. The van der Waals surface area contributed by atoms with E-state index in [-0.39, 0.29) is 17.2 Å². The summed E-state index contributed by atoms with van der Waals surface area (Å²) < 4.78 is 7.88. The summed E-state index contributed by atoms with van der Waals surface area (Å²) in [5.74, 6) is 0.858. The Bertz CT molecular complexity index is 1990. The van der Waals surface area contributed by atoms with E-state index in [0.717, 1.165) is 16.3 Å². The molecule has 194 valence electrons. The van der Waals surface area contributed by atoms with Crippen LogP contribution in [-0.2, 0) is 4.79 Å². The van der Waals surface area contributed by atoms with Gasteiger partial charge < -0.3 is 14.8 Å². The van der Waals surface area contributed by atoms with Crippen molar-refractivity contribution in [1.29, 1.82) is 0 Å². The Balaban J connectivity index is 1.54. The van der Waals surface area contributed by atoms with Crippen molar-refractivity contribution in [3.8, 4) is 5.75 Å². The fourth-order valence-corrected chi connectivity index (χ4v) is 5.98. The van der Waals surface area contributed by atoms with Crippen LogP contribution in [-0.4, -0.2) is 15.6 Å². The Morgan fingerprint density at radius 3 is 2.56 bits per heavy atom. The second-order valence-corrected chi connectivity index (χ2v) is 10.5. The molecule has 0 spiro atoms. The molecule has 1 aliphatic heterocycles. The zero-order valence-electron chi connectivity index (χ0n) is 21.6. The van der Waals surface area contributed by atoms with Crippen molar-refractivity contribution in [3.63, 3.8) is 0 Å². The quantitative estimate of drug-likeness (QED) is 0.341. The third kappa shape index (κ3) is 4.28. The second kappa shape index (κ2) is 9.56. The standard InChI is InChI=1S/C31H25N3O4S/c1-17-8-4-7-11-23(17)33-29(36)27-19(3)32-31-34(28(27)25-15-12-18(2)38-25)30(37)26(39-31)16-22-21-10-6-5-9-20(21)13-14-24(22)35/h4-16,28,35H,1-3H3,(H,33,36). The smallest absolute Gasteiger partial charge is 0.271 e. The van der Waals surface area contributed by atoms with Gasteiger partial charge in [-0.25, -0.2) is 4.99 Å². The van der Waals surface area contributed by atoms with Gasteiger partial charge in [0.25, 0.3) is 11.5 Å². The minimum Gasteiger partial charge on any atom is -0.507 e. The lowest BCUT2D eigenvalue weighted by atomic mass is 10.00. The monoisotopic (exact) mass is 535 g/mol. The van der Waals surface area contributed by atoms with Crippen molar-refractivity contribution < 1.29 is 14.3 Å². The van der Waals surface area contributed by atoms with Crippen LogP contribution < -0.4 is 20.2 Å². The number of thiazole rings is 1. The summed E-state index contributed by atoms with van der Waals surface area (Å²) in [6.07, 6.45) is 1.69. The summed E-state index contributed by atoms with van der Waals surface area (Å²) in [5, 5.41) is 15.4. The molecular formula is C31H25N3O4S. The molecule has 1 amide bonds. The van der Waals surface area contributed by atoms with Crippen molar-refractivity contribution >= 4 is 39.8 Å². The molecule has 0 saturated carbocycles. The van der Waals surface area contributed by atoms with Gasteiger partial charge >= 0.3 is 0 Å². The Hall–Kier alpha value is -4.69. The number of amides is 1. The predicted molar refractivity (Wildman–Crippen MR) is 153 cm³/mol. The molecule has 2 aromatic heterocycles. The van der Waals surface area contributed by atoms with Crippen LogP contribution in [0.4, 0.5) is 5.69 Å². The number of aromatic hydroxyl groups is 1. The number of carbonyl (C=O) groups is 1. The third-order valence-corrected chi connectivity index (χ3v) is 7.90. The largest absolute Gasteiger partial charge is 0.507 e. The molecule has 0 fully saturated rings. The van der Waals surface area contributed by atoms with Gasteiger partial charge in [-0.2, -0.15) is 0 Å². The highest BCUT2D eigenvalue weighted by Crippen LogP contribution is 2.32.